The van der Waals surface area contributed by atoms with Crippen molar-refractivity contribution in [3.63, 3.8) is 0 Å². The van der Waals surface area contributed by atoms with E-state index in [-0.39, 0.29) is 5.75 Å². The molecule has 0 heterocycles. The Labute approximate surface area is 108 Å². The Morgan fingerprint density at radius 2 is 1.89 bits per heavy atom. The van der Waals surface area contributed by atoms with Crippen LogP contribution in [0.15, 0.2) is 24.3 Å². The summed E-state index contributed by atoms with van der Waals surface area (Å²) in [6.07, 6.45) is -3.74. The average molecular weight is 278 g/mol. The van der Waals surface area contributed by atoms with Gasteiger partial charge in [0.25, 0.3) is 0 Å². The van der Waals surface area contributed by atoms with E-state index in [2.05, 4.69) is 15.4 Å². The Morgan fingerprint density at radius 1 is 1.28 bits per heavy atom. The van der Waals surface area contributed by atoms with Crippen LogP contribution in [0.5, 0.6) is 5.75 Å². The number of ether oxygens (including phenoxy) is 1. The zero-order valence-corrected chi connectivity index (χ0v) is 10.5. The van der Waals surface area contributed by atoms with Gasteiger partial charge in [0.2, 0.25) is 0 Å². The predicted molar refractivity (Wildman–Crippen MR) is 67.6 cm³/mol. The highest BCUT2D eigenvalue weighted by Gasteiger charge is 2.30. The number of alkyl halides is 3. The van der Waals surface area contributed by atoms with Gasteiger partial charge in [0.15, 0.2) is 5.11 Å². The van der Waals surface area contributed by atoms with Crippen molar-refractivity contribution in [3.05, 3.63) is 24.3 Å². The molecule has 1 rings (SSSR count). The topological polar surface area (TPSA) is 33.3 Å². The number of thiocarbonyl (C=S) groups is 1. The predicted octanol–water partition coefficient (Wildman–Crippen LogP) is 3.28. The molecule has 2 N–H and O–H groups in total. The van der Waals surface area contributed by atoms with Crippen molar-refractivity contribution in [2.45, 2.75) is 19.7 Å². The lowest BCUT2D eigenvalue weighted by Gasteiger charge is -2.11. The minimum absolute atomic E-state index is 0.263. The summed E-state index contributed by atoms with van der Waals surface area (Å²) in [5.74, 6) is -0.263. The highest BCUT2D eigenvalue weighted by atomic mass is 32.1. The molecule has 0 spiro atoms. The maximum atomic E-state index is 11.9. The Morgan fingerprint density at radius 3 is 2.39 bits per heavy atom. The summed E-state index contributed by atoms with van der Waals surface area (Å²) >= 11 is 4.99. The average Bonchev–Trinajstić information content (AvgIpc) is 2.27. The van der Waals surface area contributed by atoms with Gasteiger partial charge in [-0.05, 0) is 42.9 Å². The van der Waals surface area contributed by atoms with Crippen LogP contribution >= 0.6 is 12.2 Å². The van der Waals surface area contributed by atoms with E-state index in [0.29, 0.717) is 10.8 Å². The molecule has 0 saturated heterocycles. The third-order valence-corrected chi connectivity index (χ3v) is 2.13. The van der Waals surface area contributed by atoms with Crippen molar-refractivity contribution in [2.75, 3.05) is 11.9 Å². The molecule has 0 amide bonds. The number of benzene rings is 1. The first-order chi connectivity index (χ1) is 8.40. The summed E-state index contributed by atoms with van der Waals surface area (Å²) in [5, 5.41) is 6.22. The molecule has 18 heavy (non-hydrogen) atoms. The molecule has 0 aliphatic carbocycles. The molecule has 0 bridgehead atoms. The Kier molecular flexibility index (Phi) is 5.21. The highest BCUT2D eigenvalue weighted by Crippen LogP contribution is 2.23. The molecule has 0 atom stereocenters. The second-order valence-electron chi connectivity index (χ2n) is 3.45. The molecular weight excluding hydrogens is 265 g/mol. The third kappa shape index (κ3) is 5.72. The van der Waals surface area contributed by atoms with E-state index in [1.54, 1.807) is 0 Å². The summed E-state index contributed by atoms with van der Waals surface area (Å²) in [6, 6.07) is 5.36. The van der Waals surface area contributed by atoms with E-state index in [1.807, 2.05) is 6.92 Å². The first-order valence-corrected chi connectivity index (χ1v) is 5.72. The zero-order chi connectivity index (χ0) is 13.6. The van der Waals surface area contributed by atoms with E-state index in [9.17, 15) is 13.2 Å². The lowest BCUT2D eigenvalue weighted by Crippen LogP contribution is -2.28. The van der Waals surface area contributed by atoms with Crippen molar-refractivity contribution < 1.29 is 17.9 Å². The molecule has 3 nitrogen and oxygen atoms in total. The summed E-state index contributed by atoms with van der Waals surface area (Å²) in [6.45, 7) is 2.74. The van der Waals surface area contributed by atoms with Crippen LogP contribution in [0.3, 0.4) is 0 Å². The fourth-order valence-corrected chi connectivity index (χ4v) is 1.37. The fraction of sp³-hybridized carbons (Fsp3) is 0.364. The van der Waals surface area contributed by atoms with E-state index in [1.165, 1.54) is 24.3 Å². The zero-order valence-electron chi connectivity index (χ0n) is 9.67. The molecule has 1 aromatic carbocycles. The van der Waals surface area contributed by atoms with Crippen molar-refractivity contribution in [1.82, 2.24) is 5.32 Å². The van der Waals surface area contributed by atoms with Gasteiger partial charge in [0.1, 0.15) is 5.75 Å². The molecule has 0 saturated carbocycles. The number of rotatable bonds is 4. The number of hydrogen-bond donors (Lipinski definition) is 2. The molecule has 0 aliphatic heterocycles. The molecule has 100 valence electrons. The second kappa shape index (κ2) is 6.44. The van der Waals surface area contributed by atoms with Gasteiger partial charge in [-0.3, -0.25) is 0 Å². The van der Waals surface area contributed by atoms with E-state index >= 15 is 0 Å². The molecule has 7 heteroatoms. The van der Waals surface area contributed by atoms with Crippen LogP contribution < -0.4 is 15.4 Å². The minimum Gasteiger partial charge on any atom is -0.406 e. The van der Waals surface area contributed by atoms with Crippen LogP contribution in [0.4, 0.5) is 18.9 Å². The summed E-state index contributed by atoms with van der Waals surface area (Å²) in [7, 11) is 0. The van der Waals surface area contributed by atoms with Gasteiger partial charge in [0.05, 0.1) is 0 Å². The van der Waals surface area contributed by atoms with Gasteiger partial charge in [-0.15, -0.1) is 13.2 Å². The van der Waals surface area contributed by atoms with Gasteiger partial charge in [-0.25, -0.2) is 0 Å². The quantitative estimate of drug-likeness (QED) is 0.828. The SMILES string of the molecule is CCCNC(=S)Nc1ccc(OC(F)(F)F)cc1. The Hall–Kier alpha value is -1.50. The molecular formula is C11H13F3N2OS. The number of anilines is 1. The summed E-state index contributed by atoms with van der Waals surface area (Å²) in [5.41, 5.74) is 0.595. The maximum absolute atomic E-state index is 11.9. The van der Waals surface area contributed by atoms with Gasteiger partial charge in [-0.1, -0.05) is 6.92 Å². The number of nitrogens with one attached hydrogen (secondary N) is 2. The monoisotopic (exact) mass is 278 g/mol. The largest absolute Gasteiger partial charge is 0.573 e. The van der Waals surface area contributed by atoms with Crippen LogP contribution in [-0.4, -0.2) is 18.0 Å². The standard InChI is InChI=1S/C11H13F3N2OS/c1-2-7-15-10(18)16-8-3-5-9(6-4-8)17-11(12,13)14/h3-6H,2,7H2,1H3,(H2,15,16,18). The maximum Gasteiger partial charge on any atom is 0.573 e. The van der Waals surface area contributed by atoms with Crippen molar-refractivity contribution in [3.8, 4) is 5.75 Å². The Bertz CT molecular complexity index is 392. The first-order valence-electron chi connectivity index (χ1n) is 5.31. The van der Waals surface area contributed by atoms with Crippen LogP contribution in [0.1, 0.15) is 13.3 Å². The van der Waals surface area contributed by atoms with Crippen LogP contribution in [0.25, 0.3) is 0 Å². The van der Waals surface area contributed by atoms with Crippen LogP contribution in [-0.2, 0) is 0 Å². The molecule has 0 unspecified atom stereocenters. The summed E-state index contributed by atoms with van der Waals surface area (Å²) in [4.78, 5) is 0. The Balaban J connectivity index is 2.52. The second-order valence-corrected chi connectivity index (χ2v) is 3.86. The van der Waals surface area contributed by atoms with Crippen molar-refractivity contribution >= 4 is 23.0 Å². The number of halogens is 3. The number of hydrogen-bond acceptors (Lipinski definition) is 2. The van der Waals surface area contributed by atoms with Crippen molar-refractivity contribution in [2.24, 2.45) is 0 Å². The van der Waals surface area contributed by atoms with Crippen LogP contribution in [0, 0.1) is 0 Å². The smallest absolute Gasteiger partial charge is 0.406 e. The van der Waals surface area contributed by atoms with Gasteiger partial charge in [-0.2, -0.15) is 0 Å². The third-order valence-electron chi connectivity index (χ3n) is 1.88. The van der Waals surface area contributed by atoms with E-state index in [0.717, 1.165) is 13.0 Å². The van der Waals surface area contributed by atoms with Gasteiger partial charge >= 0.3 is 6.36 Å². The van der Waals surface area contributed by atoms with Gasteiger partial charge < -0.3 is 15.4 Å². The fourth-order valence-electron chi connectivity index (χ4n) is 1.15. The molecule has 1 aromatic rings. The normalized spacial score (nSPS) is 10.9. The van der Waals surface area contributed by atoms with Crippen LogP contribution in [0.2, 0.25) is 0 Å². The first kappa shape index (κ1) is 14.6. The lowest BCUT2D eigenvalue weighted by atomic mass is 10.3. The van der Waals surface area contributed by atoms with Gasteiger partial charge in [0, 0.05) is 12.2 Å². The van der Waals surface area contributed by atoms with E-state index in [4.69, 9.17) is 12.2 Å². The minimum atomic E-state index is -4.67. The van der Waals surface area contributed by atoms with E-state index < -0.39 is 6.36 Å². The van der Waals surface area contributed by atoms with Crippen molar-refractivity contribution in [1.29, 1.82) is 0 Å². The highest BCUT2D eigenvalue weighted by molar-refractivity contribution is 7.80. The lowest BCUT2D eigenvalue weighted by molar-refractivity contribution is -0.274. The summed E-state index contributed by atoms with van der Waals surface area (Å²) < 4.78 is 39.5. The molecule has 0 aromatic heterocycles. The molecule has 0 radical (unpaired) electrons. The molecule has 0 aliphatic rings. The molecule has 0 fully saturated rings.